The van der Waals surface area contributed by atoms with Gasteiger partial charge < -0.3 is 4.42 Å². The van der Waals surface area contributed by atoms with Crippen LogP contribution in [0.4, 0.5) is 0 Å². The molecule has 0 N–H and O–H groups in total. The molecule has 0 spiro atoms. The zero-order chi connectivity index (χ0) is 38.8. The van der Waals surface area contributed by atoms with Gasteiger partial charge in [-0.25, -0.2) is 15.0 Å². The molecular weight excluding hydrogens is 707 g/mol. The van der Waals surface area contributed by atoms with Gasteiger partial charge in [0.15, 0.2) is 17.5 Å². The molecule has 11 rings (SSSR count). The maximum atomic E-state index is 6.65. The SMILES string of the molecule is CC1(C)c2ccccc2-c2ccc(-c3cc(-c4nc(-c5cccc(-c6ccccc6)c5)nc(-c5cccc(-c6ccccc6)c5)n4)cc4oc5ccccc5c34)cc21. The highest BCUT2D eigenvalue weighted by atomic mass is 16.3. The van der Waals surface area contributed by atoms with E-state index in [-0.39, 0.29) is 5.41 Å². The summed E-state index contributed by atoms with van der Waals surface area (Å²) in [5.41, 5.74) is 16.1. The minimum atomic E-state index is -0.141. The molecule has 0 saturated carbocycles. The predicted octanol–water partition coefficient (Wildman–Crippen LogP) is 14.1. The molecule has 4 heteroatoms. The van der Waals surface area contributed by atoms with E-state index in [2.05, 4.69) is 178 Å². The number of fused-ring (bicyclic) bond motifs is 6. The number of hydrogen-bond acceptors (Lipinski definition) is 4. The Morgan fingerprint density at radius 1 is 0.345 bits per heavy atom. The second-order valence-corrected chi connectivity index (χ2v) is 15.6. The molecule has 0 unspecified atom stereocenters. The minimum Gasteiger partial charge on any atom is -0.456 e. The first kappa shape index (κ1) is 33.9. The van der Waals surface area contributed by atoms with E-state index in [1.807, 2.05) is 24.3 Å². The number of para-hydroxylation sites is 1. The average Bonchev–Trinajstić information content (AvgIpc) is 3.78. The van der Waals surface area contributed by atoms with Crippen LogP contribution in [0.5, 0.6) is 0 Å². The lowest BCUT2D eigenvalue weighted by molar-refractivity contribution is 0.660. The molecule has 2 aromatic heterocycles. The van der Waals surface area contributed by atoms with Crippen LogP contribution in [0, 0.1) is 0 Å². The van der Waals surface area contributed by atoms with Gasteiger partial charge >= 0.3 is 0 Å². The normalized spacial score (nSPS) is 12.8. The third kappa shape index (κ3) is 5.64. The van der Waals surface area contributed by atoms with Crippen LogP contribution in [0.1, 0.15) is 25.0 Å². The van der Waals surface area contributed by atoms with E-state index in [1.54, 1.807) is 0 Å². The molecule has 0 saturated heterocycles. The second kappa shape index (κ2) is 13.4. The average molecular weight is 744 g/mol. The van der Waals surface area contributed by atoms with E-state index in [9.17, 15) is 0 Å². The van der Waals surface area contributed by atoms with Crippen LogP contribution in [0.2, 0.25) is 0 Å². The van der Waals surface area contributed by atoms with Crippen molar-refractivity contribution in [3.05, 3.63) is 199 Å². The highest BCUT2D eigenvalue weighted by Crippen LogP contribution is 2.50. The summed E-state index contributed by atoms with van der Waals surface area (Å²) in [4.78, 5) is 15.7. The van der Waals surface area contributed by atoms with E-state index >= 15 is 0 Å². The maximum absolute atomic E-state index is 6.65. The zero-order valence-electron chi connectivity index (χ0n) is 32.1. The van der Waals surface area contributed by atoms with E-state index in [0.29, 0.717) is 17.5 Å². The smallest absolute Gasteiger partial charge is 0.164 e. The Bertz CT molecular complexity index is 3100. The third-order valence-electron chi connectivity index (χ3n) is 11.7. The van der Waals surface area contributed by atoms with Crippen molar-refractivity contribution in [2.75, 3.05) is 0 Å². The van der Waals surface area contributed by atoms with Crippen LogP contribution in [-0.2, 0) is 5.41 Å². The topological polar surface area (TPSA) is 51.8 Å². The van der Waals surface area contributed by atoms with Crippen molar-refractivity contribution in [3.63, 3.8) is 0 Å². The summed E-state index contributed by atoms with van der Waals surface area (Å²) in [6.07, 6.45) is 0. The van der Waals surface area contributed by atoms with Crippen molar-refractivity contribution in [1.29, 1.82) is 0 Å². The Hall–Kier alpha value is -7.43. The summed E-state index contributed by atoms with van der Waals surface area (Å²) in [6.45, 7) is 4.66. The summed E-state index contributed by atoms with van der Waals surface area (Å²) < 4.78 is 6.65. The van der Waals surface area contributed by atoms with Gasteiger partial charge in [0.1, 0.15) is 11.2 Å². The van der Waals surface area contributed by atoms with E-state index in [0.717, 1.165) is 72.0 Å². The summed E-state index contributed by atoms with van der Waals surface area (Å²) in [5, 5.41) is 2.16. The van der Waals surface area contributed by atoms with Gasteiger partial charge in [-0.15, -0.1) is 0 Å². The monoisotopic (exact) mass is 743 g/mol. The predicted molar refractivity (Wildman–Crippen MR) is 237 cm³/mol. The van der Waals surface area contributed by atoms with Crippen molar-refractivity contribution >= 4 is 21.9 Å². The van der Waals surface area contributed by atoms with Crippen LogP contribution in [0.3, 0.4) is 0 Å². The molecule has 0 atom stereocenters. The molecular formula is C54H37N3O. The molecule has 8 aromatic carbocycles. The minimum absolute atomic E-state index is 0.141. The van der Waals surface area contributed by atoms with Gasteiger partial charge in [-0.2, -0.15) is 0 Å². The Kier molecular flexibility index (Phi) is 7.80. The highest BCUT2D eigenvalue weighted by Gasteiger charge is 2.35. The highest BCUT2D eigenvalue weighted by molar-refractivity contribution is 6.13. The summed E-state index contributed by atoms with van der Waals surface area (Å²) in [5.74, 6) is 1.78. The van der Waals surface area contributed by atoms with Gasteiger partial charge in [0.2, 0.25) is 0 Å². The molecule has 1 aliphatic carbocycles. The van der Waals surface area contributed by atoms with Crippen LogP contribution in [0.25, 0.3) is 101 Å². The van der Waals surface area contributed by atoms with Gasteiger partial charge in [0.05, 0.1) is 0 Å². The van der Waals surface area contributed by atoms with Crippen LogP contribution < -0.4 is 0 Å². The molecule has 0 fully saturated rings. The molecule has 58 heavy (non-hydrogen) atoms. The zero-order valence-corrected chi connectivity index (χ0v) is 32.1. The number of aromatic nitrogens is 3. The summed E-state index contributed by atoms with van der Waals surface area (Å²) >= 11 is 0. The van der Waals surface area contributed by atoms with Gasteiger partial charge in [-0.05, 0) is 92.0 Å². The Balaban J connectivity index is 1.13. The molecule has 0 bridgehead atoms. The van der Waals surface area contributed by atoms with Crippen molar-refractivity contribution in [1.82, 2.24) is 15.0 Å². The van der Waals surface area contributed by atoms with E-state index < -0.39 is 0 Å². The first-order valence-corrected chi connectivity index (χ1v) is 19.8. The second-order valence-electron chi connectivity index (χ2n) is 15.6. The molecule has 1 aliphatic rings. The van der Waals surface area contributed by atoms with Crippen LogP contribution in [-0.4, -0.2) is 15.0 Å². The molecule has 0 amide bonds. The van der Waals surface area contributed by atoms with E-state index in [1.165, 1.54) is 22.3 Å². The van der Waals surface area contributed by atoms with E-state index in [4.69, 9.17) is 19.4 Å². The Morgan fingerprint density at radius 2 is 0.879 bits per heavy atom. The molecule has 10 aromatic rings. The number of rotatable bonds is 6. The van der Waals surface area contributed by atoms with Crippen molar-refractivity contribution < 1.29 is 4.42 Å². The molecule has 2 heterocycles. The number of furan rings is 1. The standard InChI is InChI=1S/C54H37N3O/c1-54(2)46-25-11-9-23-42(46)43-28-27-38(32-47(43)54)45-31-41(33-49-50(45)44-24-10-12-26-48(44)58-49)53-56-51(39-21-13-19-36(29-39)34-15-5-3-6-16-34)55-52(57-53)40-22-14-20-37(30-40)35-17-7-4-8-18-35/h3-33H,1-2H3. The van der Waals surface area contributed by atoms with Gasteiger partial charge in [-0.1, -0.05) is 166 Å². The molecule has 0 radical (unpaired) electrons. The maximum Gasteiger partial charge on any atom is 0.164 e. The van der Waals surface area contributed by atoms with Crippen molar-refractivity contribution in [2.24, 2.45) is 0 Å². The first-order valence-electron chi connectivity index (χ1n) is 19.8. The number of benzene rings is 8. The van der Waals surface area contributed by atoms with Crippen LogP contribution in [0.15, 0.2) is 192 Å². The molecule has 274 valence electrons. The lowest BCUT2D eigenvalue weighted by Gasteiger charge is -2.22. The summed E-state index contributed by atoms with van der Waals surface area (Å²) in [7, 11) is 0. The lowest BCUT2D eigenvalue weighted by atomic mass is 9.81. The van der Waals surface area contributed by atoms with Crippen molar-refractivity contribution in [3.8, 4) is 78.7 Å². The quantitative estimate of drug-likeness (QED) is 0.170. The fourth-order valence-corrected chi connectivity index (χ4v) is 8.78. The molecule has 0 aliphatic heterocycles. The largest absolute Gasteiger partial charge is 0.456 e. The Morgan fingerprint density at radius 3 is 1.55 bits per heavy atom. The Labute approximate surface area is 337 Å². The van der Waals surface area contributed by atoms with Crippen LogP contribution >= 0.6 is 0 Å². The molecule has 4 nitrogen and oxygen atoms in total. The first-order chi connectivity index (χ1) is 28.5. The lowest BCUT2D eigenvalue weighted by Crippen LogP contribution is -2.14. The number of nitrogens with zero attached hydrogens (tertiary/aromatic N) is 3. The van der Waals surface area contributed by atoms with Crippen molar-refractivity contribution in [2.45, 2.75) is 19.3 Å². The van der Waals surface area contributed by atoms with Gasteiger partial charge in [0.25, 0.3) is 0 Å². The number of hydrogen-bond donors (Lipinski definition) is 0. The fourth-order valence-electron chi connectivity index (χ4n) is 8.78. The third-order valence-corrected chi connectivity index (χ3v) is 11.7. The van der Waals surface area contributed by atoms with Gasteiger partial charge in [-0.3, -0.25) is 0 Å². The summed E-state index contributed by atoms with van der Waals surface area (Å²) in [6, 6.07) is 66.1. The fraction of sp³-hybridized carbons (Fsp3) is 0.0556. The van der Waals surface area contributed by atoms with Gasteiger partial charge in [0, 0.05) is 32.9 Å².